The van der Waals surface area contributed by atoms with Crippen molar-refractivity contribution in [1.29, 1.82) is 0 Å². The van der Waals surface area contributed by atoms with Crippen molar-refractivity contribution in [2.75, 3.05) is 7.05 Å². The minimum Gasteiger partial charge on any atom is -0.388 e. The van der Waals surface area contributed by atoms with E-state index in [0.29, 0.717) is 6.54 Å². The van der Waals surface area contributed by atoms with Gasteiger partial charge >= 0.3 is 0 Å². The lowest BCUT2D eigenvalue weighted by Crippen LogP contribution is -2.30. The van der Waals surface area contributed by atoms with Crippen LogP contribution in [0.1, 0.15) is 31.4 Å². The van der Waals surface area contributed by atoms with Gasteiger partial charge in [0, 0.05) is 12.7 Å². The molecule has 0 bridgehead atoms. The summed E-state index contributed by atoms with van der Waals surface area (Å²) in [5.74, 6) is 0. The Kier molecular flexibility index (Phi) is 3.02. The summed E-state index contributed by atoms with van der Waals surface area (Å²) in [6, 6.07) is 0. The Morgan fingerprint density at radius 3 is 2.93 bits per heavy atom. The SMILES string of the molecule is CNCc1cn(CC2(O)CCCC2)nn1. The normalized spacial score (nSPS) is 19.6. The molecule has 0 radical (unpaired) electrons. The zero-order chi connectivity index (χ0) is 10.7. The summed E-state index contributed by atoms with van der Waals surface area (Å²) in [5.41, 5.74) is 0.365. The maximum atomic E-state index is 10.2. The lowest BCUT2D eigenvalue weighted by Gasteiger charge is -2.21. The van der Waals surface area contributed by atoms with Crippen LogP contribution in [0.4, 0.5) is 0 Å². The van der Waals surface area contributed by atoms with Crippen molar-refractivity contribution in [3.8, 4) is 0 Å². The first-order valence-electron chi connectivity index (χ1n) is 5.48. The van der Waals surface area contributed by atoms with Crippen molar-refractivity contribution < 1.29 is 5.11 Å². The number of rotatable bonds is 4. The first-order chi connectivity index (χ1) is 7.22. The third-order valence-corrected chi connectivity index (χ3v) is 2.93. The van der Waals surface area contributed by atoms with Crippen LogP contribution in [-0.2, 0) is 13.1 Å². The molecular weight excluding hydrogens is 192 g/mol. The Hall–Kier alpha value is -0.940. The van der Waals surface area contributed by atoms with Crippen molar-refractivity contribution in [2.24, 2.45) is 0 Å². The molecule has 0 atom stereocenters. The summed E-state index contributed by atoms with van der Waals surface area (Å²) in [6.45, 7) is 1.29. The number of hydrogen-bond donors (Lipinski definition) is 2. The van der Waals surface area contributed by atoms with Crippen LogP contribution in [0.25, 0.3) is 0 Å². The molecule has 0 unspecified atom stereocenters. The van der Waals surface area contributed by atoms with E-state index in [1.165, 1.54) is 0 Å². The third-order valence-electron chi connectivity index (χ3n) is 2.93. The van der Waals surface area contributed by atoms with Crippen molar-refractivity contribution in [1.82, 2.24) is 20.3 Å². The average Bonchev–Trinajstić information content (AvgIpc) is 2.77. The number of hydrogen-bond acceptors (Lipinski definition) is 4. The molecule has 0 spiro atoms. The van der Waals surface area contributed by atoms with Crippen LogP contribution in [0.5, 0.6) is 0 Å². The second-order valence-corrected chi connectivity index (χ2v) is 4.37. The van der Waals surface area contributed by atoms with Crippen molar-refractivity contribution in [2.45, 2.75) is 44.4 Å². The summed E-state index contributed by atoms with van der Waals surface area (Å²) in [6.07, 6.45) is 5.90. The molecule has 1 aromatic rings. The molecule has 0 aliphatic heterocycles. The van der Waals surface area contributed by atoms with Crippen molar-refractivity contribution in [3.63, 3.8) is 0 Å². The second-order valence-electron chi connectivity index (χ2n) is 4.37. The first kappa shape index (κ1) is 10.6. The van der Waals surface area contributed by atoms with Gasteiger partial charge in [-0.3, -0.25) is 0 Å². The summed E-state index contributed by atoms with van der Waals surface area (Å²) < 4.78 is 1.75. The molecule has 5 nitrogen and oxygen atoms in total. The molecular formula is C10H18N4O. The van der Waals surface area contributed by atoms with Gasteiger partial charge in [-0.2, -0.15) is 0 Å². The fourth-order valence-corrected chi connectivity index (χ4v) is 2.17. The zero-order valence-electron chi connectivity index (χ0n) is 9.11. The predicted octanol–water partition coefficient (Wildman–Crippen LogP) is 0.303. The standard InChI is InChI=1S/C10H18N4O/c1-11-6-9-7-14(13-12-9)8-10(15)4-2-3-5-10/h7,11,15H,2-6,8H2,1H3. The lowest BCUT2D eigenvalue weighted by atomic mass is 10.0. The molecule has 0 saturated heterocycles. The molecule has 0 amide bonds. The molecule has 15 heavy (non-hydrogen) atoms. The van der Waals surface area contributed by atoms with Crippen LogP contribution < -0.4 is 5.32 Å². The largest absolute Gasteiger partial charge is 0.388 e. The van der Waals surface area contributed by atoms with Gasteiger partial charge in [0.15, 0.2) is 0 Å². The van der Waals surface area contributed by atoms with E-state index in [-0.39, 0.29) is 0 Å². The monoisotopic (exact) mass is 210 g/mol. The molecule has 1 fully saturated rings. The highest BCUT2D eigenvalue weighted by Gasteiger charge is 2.31. The highest BCUT2D eigenvalue weighted by molar-refractivity contribution is 4.93. The first-order valence-corrected chi connectivity index (χ1v) is 5.48. The Labute approximate surface area is 89.5 Å². The number of aromatic nitrogens is 3. The highest BCUT2D eigenvalue weighted by atomic mass is 16.3. The Bertz CT molecular complexity index is 317. The Balaban J connectivity index is 1.97. The maximum Gasteiger partial charge on any atom is 0.0964 e. The molecule has 2 rings (SSSR count). The summed E-state index contributed by atoms with van der Waals surface area (Å²) in [4.78, 5) is 0. The van der Waals surface area contributed by atoms with Gasteiger partial charge in [0.25, 0.3) is 0 Å². The van der Waals surface area contributed by atoms with Crippen LogP contribution >= 0.6 is 0 Å². The minimum atomic E-state index is -0.551. The van der Waals surface area contributed by atoms with Gasteiger partial charge in [0.05, 0.1) is 17.8 Å². The number of nitrogens with one attached hydrogen (secondary N) is 1. The van der Waals surface area contributed by atoms with E-state index in [9.17, 15) is 5.11 Å². The fraction of sp³-hybridized carbons (Fsp3) is 0.800. The molecule has 0 aromatic carbocycles. The smallest absolute Gasteiger partial charge is 0.0964 e. The second kappa shape index (κ2) is 4.28. The van der Waals surface area contributed by atoms with E-state index in [4.69, 9.17) is 0 Å². The van der Waals surface area contributed by atoms with Crippen LogP contribution in [-0.4, -0.2) is 32.7 Å². The Morgan fingerprint density at radius 2 is 2.27 bits per heavy atom. The summed E-state index contributed by atoms with van der Waals surface area (Å²) in [7, 11) is 1.88. The van der Waals surface area contributed by atoms with Crippen LogP contribution in [0.15, 0.2) is 6.20 Å². The maximum absolute atomic E-state index is 10.2. The molecule has 1 aliphatic carbocycles. The topological polar surface area (TPSA) is 63.0 Å². The quantitative estimate of drug-likeness (QED) is 0.750. The van der Waals surface area contributed by atoms with E-state index in [1.807, 2.05) is 13.2 Å². The van der Waals surface area contributed by atoms with E-state index >= 15 is 0 Å². The van der Waals surface area contributed by atoms with Gasteiger partial charge in [-0.15, -0.1) is 5.10 Å². The van der Waals surface area contributed by atoms with E-state index in [2.05, 4.69) is 15.6 Å². The van der Waals surface area contributed by atoms with Crippen molar-refractivity contribution >= 4 is 0 Å². The minimum absolute atomic E-state index is 0.551. The van der Waals surface area contributed by atoms with Gasteiger partial charge in [-0.05, 0) is 19.9 Å². The number of nitrogens with zero attached hydrogens (tertiary/aromatic N) is 3. The predicted molar refractivity (Wildman–Crippen MR) is 56.2 cm³/mol. The fourth-order valence-electron chi connectivity index (χ4n) is 2.17. The van der Waals surface area contributed by atoms with Crippen LogP contribution in [0.3, 0.4) is 0 Å². The van der Waals surface area contributed by atoms with Gasteiger partial charge in [0.1, 0.15) is 0 Å². The van der Waals surface area contributed by atoms with Gasteiger partial charge < -0.3 is 10.4 Å². The van der Waals surface area contributed by atoms with E-state index in [1.54, 1.807) is 4.68 Å². The third kappa shape index (κ3) is 2.54. The average molecular weight is 210 g/mol. The summed E-state index contributed by atoms with van der Waals surface area (Å²) >= 11 is 0. The molecule has 1 heterocycles. The highest BCUT2D eigenvalue weighted by Crippen LogP contribution is 2.30. The van der Waals surface area contributed by atoms with Crippen LogP contribution in [0.2, 0.25) is 0 Å². The van der Waals surface area contributed by atoms with E-state index < -0.39 is 5.60 Å². The molecule has 1 saturated carbocycles. The van der Waals surface area contributed by atoms with Crippen LogP contribution in [0, 0.1) is 0 Å². The van der Waals surface area contributed by atoms with Gasteiger partial charge in [-0.1, -0.05) is 18.1 Å². The van der Waals surface area contributed by atoms with Gasteiger partial charge in [0.2, 0.25) is 0 Å². The Morgan fingerprint density at radius 1 is 1.53 bits per heavy atom. The van der Waals surface area contributed by atoms with Crippen molar-refractivity contribution in [3.05, 3.63) is 11.9 Å². The summed E-state index contributed by atoms with van der Waals surface area (Å²) in [5, 5.41) is 21.2. The van der Waals surface area contributed by atoms with Gasteiger partial charge in [-0.25, -0.2) is 4.68 Å². The molecule has 1 aromatic heterocycles. The number of aliphatic hydroxyl groups is 1. The molecule has 2 N–H and O–H groups in total. The molecule has 1 aliphatic rings. The molecule has 84 valence electrons. The molecule has 5 heteroatoms. The lowest BCUT2D eigenvalue weighted by molar-refractivity contribution is 0.0260. The zero-order valence-corrected chi connectivity index (χ0v) is 9.11. The van der Waals surface area contributed by atoms with E-state index in [0.717, 1.165) is 37.9 Å².